The molecular formula is C57H109NO5. The highest BCUT2D eigenvalue weighted by Gasteiger charge is 2.24. The van der Waals surface area contributed by atoms with Crippen molar-refractivity contribution < 1.29 is 24.5 Å². The molecule has 0 heterocycles. The summed E-state index contributed by atoms with van der Waals surface area (Å²) in [5.74, 6) is -0.487. The third kappa shape index (κ3) is 46.7. The van der Waals surface area contributed by atoms with Gasteiger partial charge in [0, 0.05) is 6.42 Å². The van der Waals surface area contributed by atoms with Crippen LogP contribution in [0.1, 0.15) is 303 Å². The molecule has 0 aromatic heterocycles. The van der Waals surface area contributed by atoms with E-state index in [-0.39, 0.29) is 24.9 Å². The van der Waals surface area contributed by atoms with E-state index in [1.165, 1.54) is 199 Å². The zero-order chi connectivity index (χ0) is 45.9. The average Bonchev–Trinajstić information content (AvgIpc) is 3.28. The van der Waals surface area contributed by atoms with E-state index in [0.29, 0.717) is 19.3 Å². The molecule has 6 heteroatoms. The third-order valence-electron chi connectivity index (χ3n) is 13.1. The molecule has 0 aromatic rings. The summed E-state index contributed by atoms with van der Waals surface area (Å²) in [6.45, 7) is 6.51. The van der Waals surface area contributed by atoms with Crippen LogP contribution in [0.4, 0.5) is 0 Å². The molecule has 0 aliphatic heterocycles. The molecule has 0 fully saturated rings. The first-order valence-electron chi connectivity index (χ1n) is 28.1. The molecular weight excluding hydrogens is 779 g/mol. The molecule has 3 atom stereocenters. The van der Waals surface area contributed by atoms with Crippen LogP contribution in [-0.4, -0.2) is 46.9 Å². The first-order valence-corrected chi connectivity index (χ1v) is 28.1. The van der Waals surface area contributed by atoms with E-state index < -0.39 is 18.2 Å². The second-order valence-corrected chi connectivity index (χ2v) is 19.4. The number of unbranched alkanes of at least 4 members (excludes halogenated alkanes) is 36. The molecule has 3 unspecified atom stereocenters. The van der Waals surface area contributed by atoms with Crippen molar-refractivity contribution in [1.29, 1.82) is 0 Å². The number of nitrogens with one attached hydrogen (secondary N) is 1. The number of hydrogen-bond donors (Lipinski definition) is 3. The molecule has 3 N–H and O–H groups in total. The lowest BCUT2D eigenvalue weighted by Crippen LogP contribution is -2.46. The van der Waals surface area contributed by atoms with Gasteiger partial charge in [-0.05, 0) is 51.4 Å². The van der Waals surface area contributed by atoms with Crippen molar-refractivity contribution >= 4 is 11.9 Å². The summed E-state index contributed by atoms with van der Waals surface area (Å²) in [4.78, 5) is 26.2. The number of esters is 1. The number of allylic oxidation sites excluding steroid dienone is 4. The molecule has 0 aliphatic carbocycles. The molecule has 0 spiro atoms. The Morgan fingerprint density at radius 3 is 1.17 bits per heavy atom. The maximum atomic E-state index is 13.2. The van der Waals surface area contributed by atoms with Gasteiger partial charge in [0.25, 0.3) is 0 Å². The van der Waals surface area contributed by atoms with Crippen LogP contribution in [0.25, 0.3) is 0 Å². The van der Waals surface area contributed by atoms with Gasteiger partial charge in [-0.15, -0.1) is 0 Å². The quantitative estimate of drug-likeness (QED) is 0.0321. The first kappa shape index (κ1) is 61.3. The van der Waals surface area contributed by atoms with Crippen LogP contribution in [0.3, 0.4) is 0 Å². The summed E-state index contributed by atoms with van der Waals surface area (Å²) in [6, 6.07) is -0.702. The Morgan fingerprint density at radius 2 is 0.794 bits per heavy atom. The Bertz CT molecular complexity index is 997. The van der Waals surface area contributed by atoms with Gasteiger partial charge in [-0.3, -0.25) is 9.59 Å². The predicted octanol–water partition coefficient (Wildman–Crippen LogP) is 17.1. The van der Waals surface area contributed by atoms with Gasteiger partial charge in [-0.1, -0.05) is 263 Å². The van der Waals surface area contributed by atoms with Crippen LogP contribution < -0.4 is 5.32 Å². The van der Waals surface area contributed by atoms with Crippen molar-refractivity contribution in [2.75, 3.05) is 6.61 Å². The molecule has 372 valence electrons. The average molecular weight is 889 g/mol. The van der Waals surface area contributed by atoms with E-state index >= 15 is 0 Å². The third-order valence-corrected chi connectivity index (χ3v) is 13.1. The molecule has 0 bridgehead atoms. The fourth-order valence-corrected chi connectivity index (χ4v) is 8.78. The number of carbonyl (C=O) groups is 2. The van der Waals surface area contributed by atoms with E-state index in [1.54, 1.807) is 0 Å². The highest BCUT2D eigenvalue weighted by atomic mass is 16.5. The molecule has 1 amide bonds. The van der Waals surface area contributed by atoms with Crippen LogP contribution in [-0.2, 0) is 14.3 Å². The predicted molar refractivity (Wildman–Crippen MR) is 273 cm³/mol. The normalized spacial score (nSPS) is 13.3. The van der Waals surface area contributed by atoms with Crippen LogP contribution in [0.5, 0.6) is 0 Å². The van der Waals surface area contributed by atoms with Crippen LogP contribution >= 0.6 is 0 Å². The van der Waals surface area contributed by atoms with E-state index in [9.17, 15) is 19.8 Å². The standard InChI is InChI=1S/C57H109NO5/c1-4-7-10-13-16-19-22-25-28-29-32-35-38-41-44-47-50-57(62)63-53(48-45-42-39-36-33-30-26-23-20-17-14-11-8-5-2)51-56(61)58-54(52-59)55(60)49-46-43-40-37-34-31-27-24-21-18-15-12-9-6-3/h28-29,32,35,53-55,59-60H,4-27,30-31,33-34,36-52H2,1-3H3,(H,58,61)/b29-28+,35-32+. The summed E-state index contributed by atoms with van der Waals surface area (Å²) in [7, 11) is 0. The highest BCUT2D eigenvalue weighted by molar-refractivity contribution is 5.77. The van der Waals surface area contributed by atoms with Crippen LogP contribution in [0.2, 0.25) is 0 Å². The molecule has 6 nitrogen and oxygen atoms in total. The number of aliphatic hydroxyl groups excluding tert-OH is 2. The second kappa shape index (κ2) is 51.3. The van der Waals surface area contributed by atoms with Gasteiger partial charge < -0.3 is 20.3 Å². The van der Waals surface area contributed by atoms with Gasteiger partial charge in [-0.2, -0.15) is 0 Å². The monoisotopic (exact) mass is 888 g/mol. The Balaban J connectivity index is 4.56. The summed E-state index contributed by atoms with van der Waals surface area (Å²) in [5.41, 5.74) is 0. The maximum absolute atomic E-state index is 13.2. The summed E-state index contributed by atoms with van der Waals surface area (Å²) >= 11 is 0. The number of amides is 1. The Labute approximate surface area is 392 Å². The fraction of sp³-hybridized carbons (Fsp3) is 0.895. The summed E-state index contributed by atoms with van der Waals surface area (Å²) in [5, 5.41) is 23.8. The minimum atomic E-state index is -0.788. The van der Waals surface area contributed by atoms with Gasteiger partial charge >= 0.3 is 5.97 Å². The zero-order valence-corrected chi connectivity index (χ0v) is 42.5. The molecule has 0 saturated carbocycles. The van der Waals surface area contributed by atoms with Gasteiger partial charge in [0.15, 0.2) is 0 Å². The minimum Gasteiger partial charge on any atom is -0.462 e. The van der Waals surface area contributed by atoms with E-state index in [4.69, 9.17) is 4.74 Å². The number of carbonyl (C=O) groups excluding carboxylic acids is 2. The van der Waals surface area contributed by atoms with E-state index in [1.807, 2.05) is 0 Å². The SMILES string of the molecule is CCCCCCCCC/C=C/C=C/CCCCCC(=O)OC(CCCCCCCCCCCCCCCC)CC(=O)NC(CO)C(O)CCCCCCCCCCCCCCCC. The smallest absolute Gasteiger partial charge is 0.306 e. The summed E-state index contributed by atoms with van der Waals surface area (Å²) in [6.07, 6.45) is 59.5. The van der Waals surface area contributed by atoms with Gasteiger partial charge in [0.1, 0.15) is 6.10 Å². The maximum Gasteiger partial charge on any atom is 0.306 e. The lowest BCUT2D eigenvalue weighted by atomic mass is 10.0. The highest BCUT2D eigenvalue weighted by Crippen LogP contribution is 2.19. The Hall–Kier alpha value is -1.66. The lowest BCUT2D eigenvalue weighted by molar-refractivity contribution is -0.151. The van der Waals surface area contributed by atoms with Crippen molar-refractivity contribution in [3.8, 4) is 0 Å². The topological polar surface area (TPSA) is 95.9 Å². The Morgan fingerprint density at radius 1 is 0.460 bits per heavy atom. The molecule has 0 rings (SSSR count). The van der Waals surface area contributed by atoms with Gasteiger partial charge in [0.05, 0.1) is 25.2 Å². The second-order valence-electron chi connectivity index (χ2n) is 19.4. The van der Waals surface area contributed by atoms with E-state index in [2.05, 4.69) is 50.4 Å². The van der Waals surface area contributed by atoms with Gasteiger partial charge in [0.2, 0.25) is 5.91 Å². The fourth-order valence-electron chi connectivity index (χ4n) is 8.78. The molecule has 0 aromatic carbocycles. The molecule has 0 radical (unpaired) electrons. The van der Waals surface area contributed by atoms with E-state index in [0.717, 1.165) is 57.8 Å². The van der Waals surface area contributed by atoms with Crippen molar-refractivity contribution in [2.45, 2.75) is 322 Å². The molecule has 0 aliphatic rings. The molecule has 63 heavy (non-hydrogen) atoms. The molecule has 0 saturated heterocycles. The minimum absolute atomic E-state index is 0.0729. The Kier molecular flexibility index (Phi) is 50.0. The lowest BCUT2D eigenvalue weighted by Gasteiger charge is -2.24. The number of hydrogen-bond acceptors (Lipinski definition) is 5. The van der Waals surface area contributed by atoms with Crippen molar-refractivity contribution in [3.63, 3.8) is 0 Å². The number of aliphatic hydroxyl groups is 2. The first-order chi connectivity index (χ1) is 31.0. The zero-order valence-electron chi connectivity index (χ0n) is 42.5. The van der Waals surface area contributed by atoms with Crippen molar-refractivity contribution in [1.82, 2.24) is 5.32 Å². The largest absolute Gasteiger partial charge is 0.462 e. The van der Waals surface area contributed by atoms with Crippen molar-refractivity contribution in [3.05, 3.63) is 24.3 Å². The van der Waals surface area contributed by atoms with Gasteiger partial charge in [-0.25, -0.2) is 0 Å². The van der Waals surface area contributed by atoms with Crippen LogP contribution in [0, 0.1) is 0 Å². The van der Waals surface area contributed by atoms with Crippen LogP contribution in [0.15, 0.2) is 24.3 Å². The number of ether oxygens (including phenoxy) is 1. The number of rotatable bonds is 51. The summed E-state index contributed by atoms with van der Waals surface area (Å²) < 4.78 is 5.94. The van der Waals surface area contributed by atoms with Crippen molar-refractivity contribution in [2.24, 2.45) is 0 Å².